The van der Waals surface area contributed by atoms with Gasteiger partial charge in [0.05, 0.1) is 12.2 Å². The molecule has 0 saturated heterocycles. The molecule has 1 aliphatic rings. The van der Waals surface area contributed by atoms with Crippen molar-refractivity contribution in [2.24, 2.45) is 5.92 Å². The molecule has 0 atom stereocenters. The second kappa shape index (κ2) is 5.85. The maximum atomic E-state index is 12.4. The zero-order valence-corrected chi connectivity index (χ0v) is 10.4. The number of hydrogen-bond acceptors (Lipinski definition) is 2. The van der Waals surface area contributed by atoms with E-state index in [0.717, 1.165) is 24.2 Å². The van der Waals surface area contributed by atoms with Gasteiger partial charge in [-0.3, -0.25) is 4.79 Å². The number of ketones is 1. The number of rotatable bonds is 4. The standard InChI is InChI=1S/C15H20O2/c1-2-17-14-11-7-6-10-13(14)15(16)12-8-4-3-5-9-12/h6-7,10-12H,2-5,8-9H2,1H3. The van der Waals surface area contributed by atoms with Crippen LogP contribution in [0.15, 0.2) is 24.3 Å². The van der Waals surface area contributed by atoms with Crippen molar-refractivity contribution in [3.05, 3.63) is 29.8 Å². The van der Waals surface area contributed by atoms with Gasteiger partial charge >= 0.3 is 0 Å². The lowest BCUT2D eigenvalue weighted by Gasteiger charge is -2.21. The van der Waals surface area contributed by atoms with Crippen LogP contribution in [0.2, 0.25) is 0 Å². The predicted molar refractivity (Wildman–Crippen MR) is 68.5 cm³/mol. The van der Waals surface area contributed by atoms with Crippen molar-refractivity contribution in [2.45, 2.75) is 39.0 Å². The molecule has 2 heteroatoms. The SMILES string of the molecule is CCOc1ccccc1C(=O)C1CCCCC1. The minimum atomic E-state index is 0.213. The second-order valence-electron chi connectivity index (χ2n) is 4.63. The summed E-state index contributed by atoms with van der Waals surface area (Å²) in [5, 5.41) is 0. The molecule has 1 saturated carbocycles. The van der Waals surface area contributed by atoms with Crippen molar-refractivity contribution in [1.29, 1.82) is 0 Å². The highest BCUT2D eigenvalue weighted by molar-refractivity contribution is 6.00. The van der Waals surface area contributed by atoms with Crippen LogP contribution in [-0.2, 0) is 0 Å². The molecular formula is C15H20O2. The first-order valence-electron chi connectivity index (χ1n) is 6.59. The molecule has 1 aromatic rings. The molecule has 2 nitrogen and oxygen atoms in total. The molecular weight excluding hydrogens is 212 g/mol. The van der Waals surface area contributed by atoms with Gasteiger partial charge in [0.2, 0.25) is 0 Å². The molecule has 0 spiro atoms. The lowest BCUT2D eigenvalue weighted by atomic mass is 9.83. The van der Waals surface area contributed by atoms with Crippen LogP contribution >= 0.6 is 0 Å². The number of para-hydroxylation sites is 1. The van der Waals surface area contributed by atoms with Gasteiger partial charge in [-0.2, -0.15) is 0 Å². The first-order chi connectivity index (χ1) is 8.33. The largest absolute Gasteiger partial charge is 0.493 e. The Morgan fingerprint density at radius 3 is 2.65 bits per heavy atom. The monoisotopic (exact) mass is 232 g/mol. The summed E-state index contributed by atoms with van der Waals surface area (Å²) >= 11 is 0. The summed E-state index contributed by atoms with van der Waals surface area (Å²) in [6.45, 7) is 2.55. The van der Waals surface area contributed by atoms with E-state index < -0.39 is 0 Å². The summed E-state index contributed by atoms with van der Waals surface area (Å²) in [6.07, 6.45) is 5.73. The third kappa shape index (κ3) is 2.87. The van der Waals surface area contributed by atoms with Crippen molar-refractivity contribution in [2.75, 3.05) is 6.61 Å². The van der Waals surface area contributed by atoms with Crippen LogP contribution in [-0.4, -0.2) is 12.4 Å². The minimum absolute atomic E-state index is 0.213. The Morgan fingerprint density at radius 2 is 1.94 bits per heavy atom. The van der Waals surface area contributed by atoms with Crippen molar-refractivity contribution >= 4 is 5.78 Å². The van der Waals surface area contributed by atoms with Gasteiger partial charge in [-0.15, -0.1) is 0 Å². The van der Waals surface area contributed by atoms with E-state index in [9.17, 15) is 4.79 Å². The van der Waals surface area contributed by atoms with Crippen molar-refractivity contribution < 1.29 is 9.53 Å². The van der Waals surface area contributed by atoms with Gasteiger partial charge in [0.25, 0.3) is 0 Å². The number of carbonyl (C=O) groups is 1. The molecule has 0 unspecified atom stereocenters. The van der Waals surface area contributed by atoms with E-state index in [4.69, 9.17) is 4.74 Å². The molecule has 1 fully saturated rings. The number of ether oxygens (including phenoxy) is 1. The molecule has 0 radical (unpaired) electrons. The van der Waals surface area contributed by atoms with Gasteiger partial charge < -0.3 is 4.74 Å². The maximum absolute atomic E-state index is 12.4. The molecule has 0 bridgehead atoms. The molecule has 2 rings (SSSR count). The van der Waals surface area contributed by atoms with Gasteiger partial charge in [-0.1, -0.05) is 31.4 Å². The van der Waals surface area contributed by atoms with E-state index in [2.05, 4.69) is 0 Å². The molecule has 1 aromatic carbocycles. The lowest BCUT2D eigenvalue weighted by Crippen LogP contribution is -2.18. The molecule has 0 N–H and O–H groups in total. The third-order valence-corrected chi connectivity index (χ3v) is 3.43. The van der Waals surface area contributed by atoms with Crippen molar-refractivity contribution in [3.63, 3.8) is 0 Å². The summed E-state index contributed by atoms with van der Waals surface area (Å²) in [4.78, 5) is 12.4. The fourth-order valence-corrected chi connectivity index (χ4v) is 2.54. The van der Waals surface area contributed by atoms with Crippen LogP contribution in [0.5, 0.6) is 5.75 Å². The van der Waals surface area contributed by atoms with Crippen molar-refractivity contribution in [3.8, 4) is 5.75 Å². The third-order valence-electron chi connectivity index (χ3n) is 3.43. The summed E-state index contributed by atoms with van der Waals surface area (Å²) < 4.78 is 5.53. The van der Waals surface area contributed by atoms with E-state index in [1.807, 2.05) is 31.2 Å². The van der Waals surface area contributed by atoms with Crippen LogP contribution in [0.25, 0.3) is 0 Å². The average molecular weight is 232 g/mol. The lowest BCUT2D eigenvalue weighted by molar-refractivity contribution is 0.0885. The van der Waals surface area contributed by atoms with Gasteiger partial charge in [0, 0.05) is 5.92 Å². The molecule has 0 amide bonds. The fourth-order valence-electron chi connectivity index (χ4n) is 2.54. The highest BCUT2D eigenvalue weighted by Gasteiger charge is 2.24. The molecule has 1 aliphatic carbocycles. The Morgan fingerprint density at radius 1 is 1.24 bits per heavy atom. The number of benzene rings is 1. The van der Waals surface area contributed by atoms with Gasteiger partial charge in [-0.05, 0) is 31.9 Å². The number of Topliss-reactive ketones (excluding diaryl/α,β-unsaturated/α-hetero) is 1. The normalized spacial score (nSPS) is 16.8. The smallest absolute Gasteiger partial charge is 0.169 e. The zero-order chi connectivity index (χ0) is 12.1. The van der Waals surface area contributed by atoms with E-state index in [1.54, 1.807) is 0 Å². The van der Waals surface area contributed by atoms with E-state index in [-0.39, 0.29) is 11.7 Å². The van der Waals surface area contributed by atoms with Crippen LogP contribution in [0.1, 0.15) is 49.4 Å². The molecule has 0 aliphatic heterocycles. The topological polar surface area (TPSA) is 26.3 Å². The second-order valence-corrected chi connectivity index (χ2v) is 4.63. The Bertz CT molecular complexity index is 378. The zero-order valence-electron chi connectivity index (χ0n) is 10.4. The summed E-state index contributed by atoms with van der Waals surface area (Å²) in [5.41, 5.74) is 0.765. The molecule has 0 heterocycles. The van der Waals surface area contributed by atoms with Crippen LogP contribution in [0.4, 0.5) is 0 Å². The van der Waals surface area contributed by atoms with Gasteiger partial charge in [-0.25, -0.2) is 0 Å². The van der Waals surface area contributed by atoms with Crippen LogP contribution < -0.4 is 4.74 Å². The summed E-state index contributed by atoms with van der Waals surface area (Å²) in [5.74, 6) is 1.23. The molecule has 17 heavy (non-hydrogen) atoms. The van der Waals surface area contributed by atoms with E-state index >= 15 is 0 Å². The Labute approximate surface area is 103 Å². The average Bonchev–Trinajstić information content (AvgIpc) is 2.40. The quantitative estimate of drug-likeness (QED) is 0.737. The highest BCUT2D eigenvalue weighted by atomic mass is 16.5. The van der Waals surface area contributed by atoms with E-state index in [0.29, 0.717) is 6.61 Å². The van der Waals surface area contributed by atoms with Crippen LogP contribution in [0.3, 0.4) is 0 Å². The first-order valence-corrected chi connectivity index (χ1v) is 6.59. The Balaban J connectivity index is 2.17. The van der Waals surface area contributed by atoms with E-state index in [1.165, 1.54) is 19.3 Å². The van der Waals surface area contributed by atoms with Crippen LogP contribution in [0, 0.1) is 5.92 Å². The molecule has 92 valence electrons. The Kier molecular flexibility index (Phi) is 4.18. The molecule has 0 aromatic heterocycles. The summed E-state index contributed by atoms with van der Waals surface area (Å²) in [6, 6.07) is 7.61. The Hall–Kier alpha value is -1.31. The first kappa shape index (κ1) is 12.2. The van der Waals surface area contributed by atoms with Gasteiger partial charge in [0.1, 0.15) is 5.75 Å². The van der Waals surface area contributed by atoms with Gasteiger partial charge in [0.15, 0.2) is 5.78 Å². The minimum Gasteiger partial charge on any atom is -0.493 e. The highest BCUT2D eigenvalue weighted by Crippen LogP contribution is 2.30. The fraction of sp³-hybridized carbons (Fsp3) is 0.533. The maximum Gasteiger partial charge on any atom is 0.169 e. The number of carbonyl (C=O) groups excluding carboxylic acids is 1. The number of hydrogen-bond donors (Lipinski definition) is 0. The predicted octanol–water partition coefficient (Wildman–Crippen LogP) is 3.85. The summed E-state index contributed by atoms with van der Waals surface area (Å²) in [7, 11) is 0. The van der Waals surface area contributed by atoms with Crippen molar-refractivity contribution in [1.82, 2.24) is 0 Å².